The summed E-state index contributed by atoms with van der Waals surface area (Å²) in [5, 5.41) is 0. The van der Waals surface area contributed by atoms with E-state index in [0.29, 0.717) is 17.8 Å². The Hall–Kier alpha value is -1.35. The summed E-state index contributed by atoms with van der Waals surface area (Å²) in [5.41, 5.74) is 0.945. The van der Waals surface area contributed by atoms with E-state index < -0.39 is 0 Å². The molecule has 0 saturated carbocycles. The molecule has 0 aliphatic heterocycles. The molecule has 2 aromatic rings. The topological polar surface area (TPSA) is 30.2 Å². The maximum atomic E-state index is 10.4. The number of hydrogen-bond acceptors (Lipinski definition) is 2. The van der Waals surface area contributed by atoms with E-state index in [1.54, 1.807) is 12.1 Å². The lowest BCUT2D eigenvalue weighted by molar-refractivity contribution is 0.110. The summed E-state index contributed by atoms with van der Waals surface area (Å²) in [6.07, 6.45) is 0.695. The molecule has 1 aromatic heterocycles. The van der Waals surface area contributed by atoms with Crippen molar-refractivity contribution in [2.45, 2.75) is 0 Å². The Bertz CT molecular complexity index is 460. The van der Waals surface area contributed by atoms with Crippen molar-refractivity contribution in [3.63, 3.8) is 0 Å². The van der Waals surface area contributed by atoms with Gasteiger partial charge in [0.1, 0.15) is 5.76 Å². The lowest BCUT2D eigenvalue weighted by Gasteiger charge is -1.98. The van der Waals surface area contributed by atoms with E-state index in [0.717, 1.165) is 10.0 Å². The first-order valence-corrected chi connectivity index (χ1v) is 4.90. The molecule has 0 N–H and O–H groups in total. The summed E-state index contributed by atoms with van der Waals surface area (Å²) >= 11 is 3.42. The standard InChI is InChI=1S/C11H7BrO2/c12-10-4-2-1-3-9(10)11-6-5-8(7-13)14-11/h1-7H. The average Bonchev–Trinajstić information content (AvgIpc) is 2.67. The van der Waals surface area contributed by atoms with Crippen molar-refractivity contribution >= 4 is 22.2 Å². The zero-order valence-corrected chi connectivity index (χ0v) is 8.82. The van der Waals surface area contributed by atoms with Crippen molar-refractivity contribution in [3.05, 3.63) is 46.6 Å². The molecule has 0 fully saturated rings. The van der Waals surface area contributed by atoms with Gasteiger partial charge in [0.15, 0.2) is 12.0 Å². The number of hydrogen-bond donors (Lipinski definition) is 0. The average molecular weight is 251 g/mol. The van der Waals surface area contributed by atoms with Crippen molar-refractivity contribution in [2.24, 2.45) is 0 Å². The predicted octanol–water partition coefficient (Wildman–Crippen LogP) is 3.52. The second-order valence-corrected chi connectivity index (χ2v) is 3.65. The van der Waals surface area contributed by atoms with Crippen molar-refractivity contribution in [1.82, 2.24) is 0 Å². The third-order valence-electron chi connectivity index (χ3n) is 1.88. The highest BCUT2D eigenvalue weighted by molar-refractivity contribution is 9.10. The van der Waals surface area contributed by atoms with Crippen LogP contribution in [0.15, 0.2) is 45.3 Å². The van der Waals surface area contributed by atoms with Gasteiger partial charge in [-0.3, -0.25) is 4.79 Å². The van der Waals surface area contributed by atoms with Gasteiger partial charge in [-0.25, -0.2) is 0 Å². The molecule has 0 atom stereocenters. The quantitative estimate of drug-likeness (QED) is 0.764. The Balaban J connectivity index is 2.49. The molecule has 2 rings (SSSR count). The van der Waals surface area contributed by atoms with E-state index in [4.69, 9.17) is 4.42 Å². The van der Waals surface area contributed by atoms with Crippen LogP contribution in [0.3, 0.4) is 0 Å². The number of rotatable bonds is 2. The molecule has 2 nitrogen and oxygen atoms in total. The lowest BCUT2D eigenvalue weighted by Crippen LogP contribution is -1.75. The van der Waals surface area contributed by atoms with E-state index >= 15 is 0 Å². The summed E-state index contributed by atoms with van der Waals surface area (Å²) in [6.45, 7) is 0. The molecule has 0 saturated heterocycles. The van der Waals surface area contributed by atoms with Gasteiger partial charge in [0.25, 0.3) is 0 Å². The van der Waals surface area contributed by atoms with Crippen molar-refractivity contribution in [1.29, 1.82) is 0 Å². The number of carbonyl (C=O) groups is 1. The maximum absolute atomic E-state index is 10.4. The molecule has 1 aromatic carbocycles. The van der Waals surface area contributed by atoms with Crippen LogP contribution in [0.5, 0.6) is 0 Å². The summed E-state index contributed by atoms with van der Waals surface area (Å²) in [7, 11) is 0. The van der Waals surface area contributed by atoms with Crippen molar-refractivity contribution in [3.8, 4) is 11.3 Å². The van der Waals surface area contributed by atoms with Gasteiger partial charge < -0.3 is 4.42 Å². The summed E-state index contributed by atoms with van der Waals surface area (Å²) < 4.78 is 6.25. The van der Waals surface area contributed by atoms with Crippen LogP contribution in [-0.4, -0.2) is 6.29 Å². The molecule has 1 heterocycles. The Kier molecular flexibility index (Phi) is 2.50. The molecule has 0 bridgehead atoms. The number of carbonyl (C=O) groups excluding carboxylic acids is 1. The summed E-state index contributed by atoms with van der Waals surface area (Å²) in [4.78, 5) is 10.4. The maximum Gasteiger partial charge on any atom is 0.185 e. The molecule has 0 aliphatic carbocycles. The Morgan fingerprint density at radius 1 is 1.14 bits per heavy atom. The third-order valence-corrected chi connectivity index (χ3v) is 2.57. The molecule has 3 heteroatoms. The minimum absolute atomic E-state index is 0.343. The first-order chi connectivity index (χ1) is 6.81. The SMILES string of the molecule is O=Cc1ccc(-c2ccccc2Br)o1. The Morgan fingerprint density at radius 3 is 2.57 bits per heavy atom. The minimum atomic E-state index is 0.343. The van der Waals surface area contributed by atoms with Gasteiger partial charge in [0.05, 0.1) is 0 Å². The zero-order chi connectivity index (χ0) is 9.97. The van der Waals surface area contributed by atoms with E-state index in [9.17, 15) is 4.79 Å². The zero-order valence-electron chi connectivity index (χ0n) is 7.24. The fourth-order valence-electron chi connectivity index (χ4n) is 1.22. The van der Waals surface area contributed by atoms with Crippen LogP contribution in [0, 0.1) is 0 Å². The third kappa shape index (κ3) is 1.63. The molecule has 0 spiro atoms. The lowest BCUT2D eigenvalue weighted by atomic mass is 10.2. The monoisotopic (exact) mass is 250 g/mol. The van der Waals surface area contributed by atoms with E-state index in [2.05, 4.69) is 15.9 Å². The van der Waals surface area contributed by atoms with Crippen LogP contribution in [0.2, 0.25) is 0 Å². The fourth-order valence-corrected chi connectivity index (χ4v) is 1.70. The molecular weight excluding hydrogens is 244 g/mol. The van der Waals surface area contributed by atoms with Crippen LogP contribution < -0.4 is 0 Å². The van der Waals surface area contributed by atoms with Gasteiger partial charge in [0, 0.05) is 10.0 Å². The molecule has 0 amide bonds. The Morgan fingerprint density at radius 2 is 1.93 bits per heavy atom. The van der Waals surface area contributed by atoms with E-state index in [1.165, 1.54) is 0 Å². The van der Waals surface area contributed by atoms with Gasteiger partial charge >= 0.3 is 0 Å². The highest BCUT2D eigenvalue weighted by Gasteiger charge is 2.06. The first kappa shape index (κ1) is 9.21. The first-order valence-electron chi connectivity index (χ1n) is 4.11. The summed E-state index contributed by atoms with van der Waals surface area (Å²) in [5.74, 6) is 1.04. The van der Waals surface area contributed by atoms with Crippen LogP contribution >= 0.6 is 15.9 Å². The number of furan rings is 1. The largest absolute Gasteiger partial charge is 0.453 e. The second-order valence-electron chi connectivity index (χ2n) is 2.80. The molecule has 14 heavy (non-hydrogen) atoms. The highest BCUT2D eigenvalue weighted by Crippen LogP contribution is 2.28. The van der Waals surface area contributed by atoms with Gasteiger partial charge in [0.2, 0.25) is 0 Å². The van der Waals surface area contributed by atoms with Gasteiger partial charge in [-0.15, -0.1) is 0 Å². The van der Waals surface area contributed by atoms with E-state index in [1.807, 2.05) is 24.3 Å². The molecule has 0 radical (unpaired) electrons. The molecule has 70 valence electrons. The van der Waals surface area contributed by atoms with Crippen LogP contribution in [0.1, 0.15) is 10.6 Å². The Labute approximate surface area is 89.7 Å². The van der Waals surface area contributed by atoms with Gasteiger partial charge in [-0.05, 0) is 18.2 Å². The number of aldehydes is 1. The fraction of sp³-hybridized carbons (Fsp3) is 0. The number of halogens is 1. The number of benzene rings is 1. The van der Waals surface area contributed by atoms with Gasteiger partial charge in [-0.1, -0.05) is 34.1 Å². The molecular formula is C11H7BrO2. The van der Waals surface area contributed by atoms with Gasteiger partial charge in [-0.2, -0.15) is 0 Å². The van der Waals surface area contributed by atoms with Crippen LogP contribution in [-0.2, 0) is 0 Å². The van der Waals surface area contributed by atoms with Crippen molar-refractivity contribution < 1.29 is 9.21 Å². The minimum Gasteiger partial charge on any atom is -0.453 e. The second kappa shape index (κ2) is 3.80. The predicted molar refractivity (Wildman–Crippen MR) is 57.2 cm³/mol. The normalized spacial score (nSPS) is 10.1. The molecule has 0 unspecified atom stereocenters. The van der Waals surface area contributed by atoms with E-state index in [-0.39, 0.29) is 0 Å². The van der Waals surface area contributed by atoms with Crippen LogP contribution in [0.4, 0.5) is 0 Å². The smallest absolute Gasteiger partial charge is 0.185 e. The van der Waals surface area contributed by atoms with Crippen LogP contribution in [0.25, 0.3) is 11.3 Å². The summed E-state index contributed by atoms with van der Waals surface area (Å²) in [6, 6.07) is 11.1. The highest BCUT2D eigenvalue weighted by atomic mass is 79.9. The molecule has 0 aliphatic rings. The van der Waals surface area contributed by atoms with Crippen molar-refractivity contribution in [2.75, 3.05) is 0 Å².